The molecule has 96 valence electrons. The fourth-order valence-corrected chi connectivity index (χ4v) is 1.80. The first-order chi connectivity index (χ1) is 9.13. The van der Waals surface area contributed by atoms with E-state index in [1.165, 1.54) is 12.3 Å². The fraction of sp³-hybridized carbons (Fsp3) is 0. The Balaban J connectivity index is 2.32. The predicted molar refractivity (Wildman–Crippen MR) is 70.5 cm³/mol. The summed E-state index contributed by atoms with van der Waals surface area (Å²) in [6.07, 6.45) is 1.19. The summed E-state index contributed by atoms with van der Waals surface area (Å²) < 4.78 is 27.1. The van der Waals surface area contributed by atoms with E-state index < -0.39 is 11.6 Å². The van der Waals surface area contributed by atoms with E-state index in [0.717, 1.165) is 6.07 Å². The molecule has 0 aliphatic rings. The normalized spacial score (nSPS) is 11.2. The molecule has 2 rings (SSSR count). The first-order valence-electron chi connectivity index (χ1n) is 4.87. The molecule has 0 aliphatic carbocycles. The molecule has 1 heterocycles. The summed E-state index contributed by atoms with van der Waals surface area (Å²) in [6, 6.07) is 4.26. The number of allylic oxidation sites excluding steroid dienone is 1. The molecule has 0 saturated carbocycles. The van der Waals surface area contributed by atoms with Crippen molar-refractivity contribution in [3.8, 4) is 6.07 Å². The van der Waals surface area contributed by atoms with E-state index in [4.69, 9.17) is 5.26 Å². The van der Waals surface area contributed by atoms with Crippen LogP contribution < -0.4 is 5.32 Å². The first-order valence-corrected chi connectivity index (χ1v) is 5.95. The highest BCUT2D eigenvalue weighted by molar-refractivity contribution is 14.1. The van der Waals surface area contributed by atoms with Gasteiger partial charge in [0.15, 0.2) is 11.6 Å². The zero-order chi connectivity index (χ0) is 13.8. The van der Waals surface area contributed by atoms with Crippen LogP contribution in [0, 0.1) is 26.5 Å². The third kappa shape index (κ3) is 2.84. The van der Waals surface area contributed by atoms with Crippen LogP contribution in [0.4, 0.5) is 14.5 Å². The number of H-pyrrole nitrogens is 1. The van der Waals surface area contributed by atoms with Gasteiger partial charge in [0.2, 0.25) is 5.82 Å². The molecule has 2 N–H and O–H groups in total. The average Bonchev–Trinajstić information content (AvgIpc) is 2.92. The molecule has 2 aromatic rings. The number of rotatable bonds is 3. The highest BCUT2D eigenvalue weighted by Gasteiger charge is 2.12. The van der Waals surface area contributed by atoms with Gasteiger partial charge in [-0.1, -0.05) is 0 Å². The molecule has 0 radical (unpaired) electrons. The number of nitrogens with one attached hydrogen (secondary N) is 2. The number of hydrogen-bond donors (Lipinski definition) is 2. The van der Waals surface area contributed by atoms with Crippen molar-refractivity contribution in [2.75, 3.05) is 5.32 Å². The van der Waals surface area contributed by atoms with Crippen LogP contribution in [0.3, 0.4) is 0 Å². The number of halogens is 3. The van der Waals surface area contributed by atoms with Gasteiger partial charge < -0.3 is 5.32 Å². The van der Waals surface area contributed by atoms with E-state index in [-0.39, 0.29) is 17.1 Å². The molecule has 0 bridgehead atoms. The molecule has 1 aromatic heterocycles. The zero-order valence-electron chi connectivity index (χ0n) is 9.15. The number of nitrogens with zero attached hydrogens (tertiary/aromatic N) is 4. The van der Waals surface area contributed by atoms with Crippen molar-refractivity contribution in [1.29, 1.82) is 5.26 Å². The lowest BCUT2D eigenvalue weighted by atomic mass is 10.2. The molecule has 0 unspecified atom stereocenters. The van der Waals surface area contributed by atoms with Crippen molar-refractivity contribution in [1.82, 2.24) is 20.6 Å². The van der Waals surface area contributed by atoms with Gasteiger partial charge in [-0.25, -0.2) is 8.78 Å². The minimum atomic E-state index is -1.02. The Kier molecular flexibility index (Phi) is 4.00. The monoisotopic (exact) mass is 374 g/mol. The van der Waals surface area contributed by atoms with Crippen molar-refractivity contribution < 1.29 is 8.78 Å². The SMILES string of the molecule is N#CC(=CNc1c(I)ccc(F)c1F)c1nn[nH]n1. The summed E-state index contributed by atoms with van der Waals surface area (Å²) in [4.78, 5) is 0. The minimum absolute atomic E-state index is 0.0354. The van der Waals surface area contributed by atoms with E-state index in [0.29, 0.717) is 3.57 Å². The van der Waals surface area contributed by atoms with Gasteiger partial charge in [0.1, 0.15) is 11.6 Å². The molecule has 19 heavy (non-hydrogen) atoms. The maximum Gasteiger partial charge on any atom is 0.216 e. The van der Waals surface area contributed by atoms with Crippen LogP contribution in [0.1, 0.15) is 5.82 Å². The second-order valence-corrected chi connectivity index (χ2v) is 4.43. The van der Waals surface area contributed by atoms with Crippen molar-refractivity contribution in [3.05, 3.63) is 39.4 Å². The lowest BCUT2D eigenvalue weighted by Gasteiger charge is -2.06. The summed E-state index contributed by atoms with van der Waals surface area (Å²) >= 11 is 1.84. The van der Waals surface area contributed by atoms with Crippen LogP contribution in [-0.4, -0.2) is 20.6 Å². The number of tetrazole rings is 1. The molecule has 0 atom stereocenters. The van der Waals surface area contributed by atoms with Crippen molar-refractivity contribution in [2.24, 2.45) is 0 Å². The quantitative estimate of drug-likeness (QED) is 0.488. The number of aromatic nitrogens is 4. The lowest BCUT2D eigenvalue weighted by molar-refractivity contribution is 0.511. The lowest BCUT2D eigenvalue weighted by Crippen LogP contribution is -1.99. The molecule has 1 aromatic carbocycles. The first kappa shape index (κ1) is 13.3. The Morgan fingerprint density at radius 2 is 2.26 bits per heavy atom. The van der Waals surface area contributed by atoms with Crippen molar-refractivity contribution in [3.63, 3.8) is 0 Å². The summed E-state index contributed by atoms with van der Waals surface area (Å²) in [5.74, 6) is -1.94. The van der Waals surface area contributed by atoms with Crippen LogP contribution >= 0.6 is 22.6 Å². The Hall–Kier alpha value is -2.09. The van der Waals surface area contributed by atoms with E-state index in [9.17, 15) is 8.78 Å². The average molecular weight is 374 g/mol. The molecule has 0 saturated heterocycles. The van der Waals surface area contributed by atoms with Crippen molar-refractivity contribution >= 4 is 33.9 Å². The summed E-state index contributed by atoms with van der Waals surface area (Å²) in [5, 5.41) is 24.2. The van der Waals surface area contributed by atoms with E-state index in [1.54, 1.807) is 0 Å². The van der Waals surface area contributed by atoms with Crippen LogP contribution in [-0.2, 0) is 0 Å². The van der Waals surface area contributed by atoms with Gasteiger partial charge in [-0.15, -0.1) is 10.2 Å². The largest absolute Gasteiger partial charge is 0.357 e. The Labute approximate surface area is 119 Å². The van der Waals surface area contributed by atoms with Crippen LogP contribution in [0.2, 0.25) is 0 Å². The maximum absolute atomic E-state index is 13.6. The number of aromatic amines is 1. The second kappa shape index (κ2) is 5.70. The summed E-state index contributed by atoms with van der Waals surface area (Å²) in [5.41, 5.74) is -0.0231. The highest BCUT2D eigenvalue weighted by Crippen LogP contribution is 2.24. The van der Waals surface area contributed by atoms with Crippen LogP contribution in [0.15, 0.2) is 18.3 Å². The molecule has 0 aliphatic heterocycles. The van der Waals surface area contributed by atoms with Gasteiger partial charge in [-0.3, -0.25) is 0 Å². The molecular weight excluding hydrogens is 369 g/mol. The Morgan fingerprint density at radius 3 is 2.89 bits per heavy atom. The number of nitriles is 1. The molecule has 6 nitrogen and oxygen atoms in total. The van der Waals surface area contributed by atoms with Gasteiger partial charge in [0, 0.05) is 9.77 Å². The van der Waals surface area contributed by atoms with Gasteiger partial charge in [-0.05, 0) is 39.9 Å². The van der Waals surface area contributed by atoms with E-state index >= 15 is 0 Å². The molecule has 9 heteroatoms. The fourth-order valence-electron chi connectivity index (χ4n) is 1.23. The van der Waals surface area contributed by atoms with Gasteiger partial charge in [-0.2, -0.15) is 10.5 Å². The van der Waals surface area contributed by atoms with Gasteiger partial charge in [0.25, 0.3) is 0 Å². The highest BCUT2D eigenvalue weighted by atomic mass is 127. The number of hydrogen-bond acceptors (Lipinski definition) is 5. The van der Waals surface area contributed by atoms with Gasteiger partial charge in [0.05, 0.1) is 5.69 Å². The standard InChI is InChI=1S/C10H5F2IN6/c11-6-1-2-7(13)9(8(6)12)15-4-5(3-14)10-16-18-19-17-10/h1-2,4,15H,(H,16,17,18,19). The Bertz CT molecular complexity index is 661. The number of benzene rings is 1. The third-order valence-electron chi connectivity index (χ3n) is 2.11. The Morgan fingerprint density at radius 1 is 1.47 bits per heavy atom. The van der Waals surface area contributed by atoms with E-state index in [1.807, 2.05) is 28.7 Å². The smallest absolute Gasteiger partial charge is 0.216 e. The predicted octanol–water partition coefficient (Wildman–Crippen LogP) is 2.06. The molecule has 0 spiro atoms. The topological polar surface area (TPSA) is 90.3 Å². The summed E-state index contributed by atoms with van der Waals surface area (Å²) in [6.45, 7) is 0. The summed E-state index contributed by atoms with van der Waals surface area (Å²) in [7, 11) is 0. The van der Waals surface area contributed by atoms with E-state index in [2.05, 4.69) is 25.9 Å². The zero-order valence-corrected chi connectivity index (χ0v) is 11.3. The van der Waals surface area contributed by atoms with Gasteiger partial charge >= 0.3 is 0 Å². The molecule has 0 amide bonds. The van der Waals surface area contributed by atoms with Crippen LogP contribution in [0.5, 0.6) is 0 Å². The van der Waals surface area contributed by atoms with Crippen molar-refractivity contribution in [2.45, 2.75) is 0 Å². The molecular formula is C10H5F2IN6. The maximum atomic E-state index is 13.6. The van der Waals surface area contributed by atoms with Crippen LogP contribution in [0.25, 0.3) is 5.57 Å². The second-order valence-electron chi connectivity index (χ2n) is 3.27. The minimum Gasteiger partial charge on any atom is -0.357 e. The third-order valence-corrected chi connectivity index (χ3v) is 3.01. The number of anilines is 1. The molecule has 0 fully saturated rings.